The highest BCUT2D eigenvalue weighted by atomic mass is 16.5. The predicted molar refractivity (Wildman–Crippen MR) is 81.2 cm³/mol. The Morgan fingerprint density at radius 1 is 0.947 bits per heavy atom. The lowest BCUT2D eigenvalue weighted by molar-refractivity contribution is 0.392. The van der Waals surface area contributed by atoms with Crippen molar-refractivity contribution in [2.24, 2.45) is 5.92 Å². The van der Waals surface area contributed by atoms with Crippen molar-refractivity contribution in [1.82, 2.24) is 0 Å². The zero-order chi connectivity index (χ0) is 14.1. The third-order valence-electron chi connectivity index (χ3n) is 3.64. The highest BCUT2D eigenvalue weighted by Gasteiger charge is 2.05. The summed E-state index contributed by atoms with van der Waals surface area (Å²) in [5.74, 6) is 2.56. The summed E-state index contributed by atoms with van der Waals surface area (Å²) in [4.78, 5) is 0. The van der Waals surface area contributed by atoms with E-state index in [9.17, 15) is 0 Å². The lowest BCUT2D eigenvalue weighted by Crippen LogP contribution is -1.98. The standard InChI is InChI=1S/C17H28O2/c1-5-6-7-8-14(2)9-10-15-11-16(18-3)13-17(12-15)19-4/h11-14H,5-10H2,1-4H3. The first-order valence-corrected chi connectivity index (χ1v) is 7.41. The third kappa shape index (κ3) is 6.00. The minimum atomic E-state index is 0.795. The second kappa shape index (κ2) is 8.84. The number of rotatable bonds is 9. The molecule has 0 fully saturated rings. The average Bonchev–Trinajstić information content (AvgIpc) is 2.45. The van der Waals surface area contributed by atoms with Crippen LogP contribution in [-0.2, 0) is 6.42 Å². The third-order valence-corrected chi connectivity index (χ3v) is 3.64. The molecule has 0 amide bonds. The summed E-state index contributed by atoms with van der Waals surface area (Å²) in [7, 11) is 3.40. The van der Waals surface area contributed by atoms with E-state index in [1.165, 1.54) is 37.7 Å². The maximum Gasteiger partial charge on any atom is 0.122 e. The summed E-state index contributed by atoms with van der Waals surface area (Å²) < 4.78 is 10.6. The van der Waals surface area contributed by atoms with Gasteiger partial charge in [0, 0.05) is 6.07 Å². The minimum Gasteiger partial charge on any atom is -0.497 e. The molecule has 0 aromatic heterocycles. The van der Waals surface area contributed by atoms with E-state index in [1.807, 2.05) is 6.07 Å². The molecule has 1 atom stereocenters. The molecule has 2 nitrogen and oxygen atoms in total. The van der Waals surface area contributed by atoms with Gasteiger partial charge >= 0.3 is 0 Å². The molecule has 0 spiro atoms. The Morgan fingerprint density at radius 2 is 1.58 bits per heavy atom. The highest BCUT2D eigenvalue weighted by Crippen LogP contribution is 2.24. The Hall–Kier alpha value is -1.18. The summed E-state index contributed by atoms with van der Waals surface area (Å²) >= 11 is 0. The molecule has 19 heavy (non-hydrogen) atoms. The van der Waals surface area contributed by atoms with Crippen molar-refractivity contribution in [3.63, 3.8) is 0 Å². The molecule has 1 unspecified atom stereocenters. The Kier molecular flexibility index (Phi) is 7.39. The quantitative estimate of drug-likeness (QED) is 0.593. The Morgan fingerprint density at radius 3 is 2.11 bits per heavy atom. The number of unbranched alkanes of at least 4 members (excludes halogenated alkanes) is 2. The molecule has 0 saturated heterocycles. The highest BCUT2D eigenvalue weighted by molar-refractivity contribution is 5.38. The van der Waals surface area contributed by atoms with E-state index in [0.29, 0.717) is 0 Å². The van der Waals surface area contributed by atoms with Gasteiger partial charge in [-0.2, -0.15) is 0 Å². The van der Waals surface area contributed by atoms with Gasteiger partial charge in [0.2, 0.25) is 0 Å². The summed E-state index contributed by atoms with van der Waals surface area (Å²) in [6, 6.07) is 6.15. The maximum atomic E-state index is 5.30. The van der Waals surface area contributed by atoms with Gasteiger partial charge in [0.1, 0.15) is 11.5 Å². The van der Waals surface area contributed by atoms with Crippen molar-refractivity contribution in [2.75, 3.05) is 14.2 Å². The van der Waals surface area contributed by atoms with Crippen LogP contribution < -0.4 is 9.47 Å². The topological polar surface area (TPSA) is 18.5 Å². The van der Waals surface area contributed by atoms with E-state index in [1.54, 1.807) is 14.2 Å². The summed E-state index contributed by atoms with van der Waals surface area (Å²) in [5, 5.41) is 0. The van der Waals surface area contributed by atoms with Crippen LogP contribution in [0.15, 0.2) is 18.2 Å². The Labute approximate surface area is 118 Å². The van der Waals surface area contributed by atoms with Crippen molar-refractivity contribution >= 4 is 0 Å². The van der Waals surface area contributed by atoms with Gasteiger partial charge in [-0.1, -0.05) is 39.5 Å². The molecule has 1 aromatic carbocycles. The minimum absolute atomic E-state index is 0.795. The van der Waals surface area contributed by atoms with Crippen molar-refractivity contribution in [2.45, 2.75) is 52.4 Å². The molecule has 108 valence electrons. The van der Waals surface area contributed by atoms with Crippen molar-refractivity contribution < 1.29 is 9.47 Å². The zero-order valence-electron chi connectivity index (χ0n) is 12.9. The van der Waals surface area contributed by atoms with Crippen molar-refractivity contribution in [3.8, 4) is 11.5 Å². The van der Waals surface area contributed by atoms with Gasteiger partial charge in [0.05, 0.1) is 14.2 Å². The lowest BCUT2D eigenvalue weighted by atomic mass is 9.95. The van der Waals surface area contributed by atoms with Crippen LogP contribution in [0.4, 0.5) is 0 Å². The average molecular weight is 264 g/mol. The van der Waals surface area contributed by atoms with Gasteiger partial charge in [0.15, 0.2) is 0 Å². The molecule has 0 aliphatic heterocycles. The van der Waals surface area contributed by atoms with Crippen LogP contribution in [0.25, 0.3) is 0 Å². The molecule has 0 aliphatic rings. The second-order valence-corrected chi connectivity index (χ2v) is 5.36. The number of ether oxygens (including phenoxy) is 2. The largest absolute Gasteiger partial charge is 0.497 e. The molecule has 0 radical (unpaired) electrons. The number of hydrogen-bond donors (Lipinski definition) is 0. The first kappa shape index (κ1) is 15.9. The molecular formula is C17H28O2. The lowest BCUT2D eigenvalue weighted by Gasteiger charge is -2.12. The molecule has 2 heteroatoms. The number of methoxy groups -OCH3 is 2. The Balaban J connectivity index is 2.47. The number of benzene rings is 1. The van der Waals surface area contributed by atoms with Crippen LogP contribution in [0.2, 0.25) is 0 Å². The SMILES string of the molecule is CCCCCC(C)CCc1cc(OC)cc(OC)c1. The van der Waals surface area contributed by atoms with E-state index >= 15 is 0 Å². The Bertz CT molecular complexity index is 338. The fourth-order valence-electron chi connectivity index (χ4n) is 2.31. The van der Waals surface area contributed by atoms with Gasteiger partial charge < -0.3 is 9.47 Å². The summed E-state index contributed by atoms with van der Waals surface area (Å²) in [6.45, 7) is 4.61. The van der Waals surface area contributed by atoms with Gasteiger partial charge in [-0.25, -0.2) is 0 Å². The van der Waals surface area contributed by atoms with Crippen molar-refractivity contribution in [1.29, 1.82) is 0 Å². The van der Waals surface area contributed by atoms with Gasteiger partial charge in [0.25, 0.3) is 0 Å². The van der Waals surface area contributed by atoms with E-state index in [-0.39, 0.29) is 0 Å². The molecule has 0 bridgehead atoms. The molecular weight excluding hydrogens is 236 g/mol. The summed E-state index contributed by atoms with van der Waals surface area (Å²) in [5.41, 5.74) is 1.30. The van der Waals surface area contributed by atoms with Crippen LogP contribution >= 0.6 is 0 Å². The van der Waals surface area contributed by atoms with Crippen LogP contribution in [0, 0.1) is 5.92 Å². The smallest absolute Gasteiger partial charge is 0.122 e. The van der Waals surface area contributed by atoms with E-state index in [0.717, 1.165) is 23.8 Å². The number of aryl methyl sites for hydroxylation is 1. The van der Waals surface area contributed by atoms with Crippen LogP contribution in [0.1, 0.15) is 51.5 Å². The molecule has 0 heterocycles. The fraction of sp³-hybridized carbons (Fsp3) is 0.647. The molecule has 1 rings (SSSR count). The van der Waals surface area contributed by atoms with Gasteiger partial charge in [-0.15, -0.1) is 0 Å². The fourth-order valence-corrected chi connectivity index (χ4v) is 2.31. The zero-order valence-corrected chi connectivity index (χ0v) is 12.9. The van der Waals surface area contributed by atoms with Crippen LogP contribution in [0.5, 0.6) is 11.5 Å². The van der Waals surface area contributed by atoms with E-state index in [2.05, 4.69) is 26.0 Å². The maximum absolute atomic E-state index is 5.30. The van der Waals surface area contributed by atoms with Gasteiger partial charge in [-0.05, 0) is 36.5 Å². The van der Waals surface area contributed by atoms with Gasteiger partial charge in [-0.3, -0.25) is 0 Å². The predicted octanol–water partition coefficient (Wildman–Crippen LogP) is 4.85. The summed E-state index contributed by atoms with van der Waals surface area (Å²) in [6.07, 6.45) is 7.70. The number of hydrogen-bond acceptors (Lipinski definition) is 2. The van der Waals surface area contributed by atoms with E-state index < -0.39 is 0 Å². The second-order valence-electron chi connectivity index (χ2n) is 5.36. The first-order valence-electron chi connectivity index (χ1n) is 7.41. The first-order chi connectivity index (χ1) is 9.19. The van der Waals surface area contributed by atoms with Crippen molar-refractivity contribution in [3.05, 3.63) is 23.8 Å². The molecule has 0 aliphatic carbocycles. The van der Waals surface area contributed by atoms with Crippen LogP contribution in [0.3, 0.4) is 0 Å². The molecule has 1 aromatic rings. The molecule has 0 saturated carbocycles. The van der Waals surface area contributed by atoms with E-state index in [4.69, 9.17) is 9.47 Å². The van der Waals surface area contributed by atoms with Crippen LogP contribution in [-0.4, -0.2) is 14.2 Å². The monoisotopic (exact) mass is 264 g/mol. The normalized spacial score (nSPS) is 12.2. The molecule has 0 N–H and O–H groups in total.